The zero-order valence-electron chi connectivity index (χ0n) is 25.5. The molecule has 10 heteroatoms. The number of benzene rings is 2. The molecular weight excluding hydrogens is 538 g/mol. The van der Waals surface area contributed by atoms with Crippen molar-refractivity contribution in [3.8, 4) is 5.75 Å². The minimum absolute atomic E-state index is 0.0820. The van der Waals surface area contributed by atoms with Crippen molar-refractivity contribution in [3.63, 3.8) is 0 Å². The lowest BCUT2D eigenvalue weighted by molar-refractivity contribution is -0.159. The highest BCUT2D eigenvalue weighted by Crippen LogP contribution is 2.40. The summed E-state index contributed by atoms with van der Waals surface area (Å²) in [5.41, 5.74) is -0.370. The molecule has 0 saturated heterocycles. The number of hydrogen-bond donors (Lipinski definition) is 3. The third kappa shape index (κ3) is 9.78. The second kappa shape index (κ2) is 13.3. The van der Waals surface area contributed by atoms with Gasteiger partial charge in [0.25, 0.3) is 0 Å². The first-order chi connectivity index (χ1) is 19.5. The maximum atomic E-state index is 14.1. The lowest BCUT2D eigenvalue weighted by Crippen LogP contribution is -2.53. The minimum Gasteiger partial charge on any atom is -0.508 e. The Morgan fingerprint density at radius 2 is 1.57 bits per heavy atom. The topological polar surface area (TPSA) is 134 Å². The van der Waals surface area contributed by atoms with Gasteiger partial charge in [0.2, 0.25) is 11.8 Å². The van der Waals surface area contributed by atoms with Gasteiger partial charge in [-0.15, -0.1) is 0 Å². The van der Waals surface area contributed by atoms with E-state index >= 15 is 0 Å². The maximum Gasteiger partial charge on any atom is 0.408 e. The molecule has 228 valence electrons. The maximum absolute atomic E-state index is 14.1. The quantitative estimate of drug-likeness (QED) is 0.357. The Bertz CT molecular complexity index is 1270. The molecule has 2 aromatic carbocycles. The van der Waals surface area contributed by atoms with Crippen molar-refractivity contribution in [3.05, 3.63) is 65.7 Å². The smallest absolute Gasteiger partial charge is 0.408 e. The van der Waals surface area contributed by atoms with Crippen molar-refractivity contribution in [2.75, 3.05) is 6.54 Å². The van der Waals surface area contributed by atoms with Gasteiger partial charge in [-0.05, 0) is 77.1 Å². The van der Waals surface area contributed by atoms with Gasteiger partial charge in [0.15, 0.2) is 0 Å². The molecular formula is C32H43N3O7. The zero-order valence-corrected chi connectivity index (χ0v) is 25.5. The molecule has 0 aromatic heterocycles. The fraction of sp³-hybridized carbons (Fsp3) is 0.500. The van der Waals surface area contributed by atoms with Crippen LogP contribution in [0.2, 0.25) is 0 Å². The van der Waals surface area contributed by atoms with Gasteiger partial charge in [-0.1, -0.05) is 49.4 Å². The predicted molar refractivity (Wildman–Crippen MR) is 157 cm³/mol. The second-order valence-electron chi connectivity index (χ2n) is 12.7. The van der Waals surface area contributed by atoms with Crippen molar-refractivity contribution in [1.82, 2.24) is 15.5 Å². The van der Waals surface area contributed by atoms with Crippen LogP contribution < -0.4 is 10.6 Å². The molecule has 1 saturated carbocycles. The summed E-state index contributed by atoms with van der Waals surface area (Å²) >= 11 is 0. The number of hydrogen-bond acceptors (Lipinski definition) is 7. The number of ether oxygens (including phenoxy) is 2. The van der Waals surface area contributed by atoms with Gasteiger partial charge in [0.1, 0.15) is 35.6 Å². The Kier molecular flexibility index (Phi) is 10.2. The Morgan fingerprint density at radius 3 is 2.12 bits per heavy atom. The number of aromatic hydroxyl groups is 1. The van der Waals surface area contributed by atoms with Gasteiger partial charge >= 0.3 is 12.1 Å². The van der Waals surface area contributed by atoms with Crippen LogP contribution in [-0.2, 0) is 30.3 Å². The van der Waals surface area contributed by atoms with Crippen LogP contribution in [-0.4, -0.2) is 63.7 Å². The predicted octanol–water partition coefficient (Wildman–Crippen LogP) is 4.26. The molecule has 3 amide bonds. The molecule has 3 rings (SSSR count). The van der Waals surface area contributed by atoms with Gasteiger partial charge < -0.3 is 30.1 Å². The number of rotatable bonds is 10. The Balaban J connectivity index is 1.95. The van der Waals surface area contributed by atoms with E-state index < -0.39 is 53.7 Å². The van der Waals surface area contributed by atoms with E-state index in [-0.39, 0.29) is 24.1 Å². The van der Waals surface area contributed by atoms with E-state index in [1.807, 2.05) is 37.3 Å². The lowest BCUT2D eigenvalue weighted by atomic mass is 10.0. The van der Waals surface area contributed by atoms with Gasteiger partial charge in [0.05, 0.1) is 0 Å². The summed E-state index contributed by atoms with van der Waals surface area (Å²) in [4.78, 5) is 54.8. The number of phenols is 1. The first-order valence-electron chi connectivity index (χ1n) is 14.2. The molecule has 4 unspecified atom stereocenters. The number of nitrogens with one attached hydrogen (secondary N) is 2. The standard InChI is InChI=1S/C32H43N3O7/c1-20-16-25(20)35(26(37)19-33-30(40)42-32(5,6)7)27(22-14-11-15-23(36)18-22)28(38)34-24(29(39)41-31(2,3)4)17-21-12-9-8-10-13-21/h8-15,18,20,24-25,27,36H,16-17,19H2,1-7H3,(H,33,40)(H,34,38). The average Bonchev–Trinajstić information content (AvgIpc) is 3.59. The van der Waals surface area contributed by atoms with E-state index in [0.29, 0.717) is 12.0 Å². The van der Waals surface area contributed by atoms with Crippen LogP contribution in [0.3, 0.4) is 0 Å². The number of phenolic OH excluding ortho intramolecular Hbond substituents is 1. The van der Waals surface area contributed by atoms with E-state index in [1.54, 1.807) is 53.7 Å². The fourth-order valence-electron chi connectivity index (χ4n) is 4.56. The number of carbonyl (C=O) groups is 4. The van der Waals surface area contributed by atoms with Crippen molar-refractivity contribution in [2.45, 2.75) is 90.6 Å². The summed E-state index contributed by atoms with van der Waals surface area (Å²) in [6.45, 7) is 11.9. The number of alkyl carbamates (subject to hydrolysis) is 1. The number of amides is 3. The van der Waals surface area contributed by atoms with E-state index in [2.05, 4.69) is 10.6 Å². The van der Waals surface area contributed by atoms with Crippen LogP contribution in [0.15, 0.2) is 54.6 Å². The van der Waals surface area contributed by atoms with Crippen LogP contribution >= 0.6 is 0 Å². The van der Waals surface area contributed by atoms with Gasteiger partial charge in [-0.25, -0.2) is 9.59 Å². The molecule has 3 N–H and O–H groups in total. The summed E-state index contributed by atoms with van der Waals surface area (Å²) in [7, 11) is 0. The first-order valence-corrected chi connectivity index (χ1v) is 14.2. The van der Waals surface area contributed by atoms with E-state index in [4.69, 9.17) is 9.47 Å². The van der Waals surface area contributed by atoms with E-state index in [0.717, 1.165) is 5.56 Å². The summed E-state index contributed by atoms with van der Waals surface area (Å²) in [6.07, 6.45) is 0.0635. The van der Waals surface area contributed by atoms with E-state index in [1.165, 1.54) is 17.0 Å². The molecule has 1 aliphatic carbocycles. The molecule has 0 heterocycles. The molecule has 2 aromatic rings. The summed E-state index contributed by atoms with van der Waals surface area (Å²) in [5.74, 6) is -1.71. The van der Waals surface area contributed by atoms with Crippen LogP contribution in [0.5, 0.6) is 5.75 Å². The van der Waals surface area contributed by atoms with Crippen molar-refractivity contribution in [2.24, 2.45) is 5.92 Å². The first kappa shape index (κ1) is 32.4. The molecule has 10 nitrogen and oxygen atoms in total. The van der Waals surface area contributed by atoms with Crippen LogP contribution in [0, 0.1) is 5.92 Å². The minimum atomic E-state index is -1.19. The third-order valence-corrected chi connectivity index (χ3v) is 6.50. The Labute approximate surface area is 247 Å². The van der Waals surface area contributed by atoms with Gasteiger partial charge in [0, 0.05) is 12.5 Å². The second-order valence-corrected chi connectivity index (χ2v) is 12.7. The molecule has 1 aliphatic rings. The third-order valence-electron chi connectivity index (χ3n) is 6.50. The monoisotopic (exact) mass is 581 g/mol. The SMILES string of the molecule is CC1CC1N(C(=O)CNC(=O)OC(C)(C)C)C(C(=O)NC(Cc1ccccc1)C(=O)OC(C)(C)C)c1cccc(O)c1. The van der Waals surface area contributed by atoms with Gasteiger partial charge in [-0.3, -0.25) is 9.59 Å². The molecule has 0 bridgehead atoms. The largest absolute Gasteiger partial charge is 0.508 e. The van der Waals surface area contributed by atoms with Gasteiger partial charge in [-0.2, -0.15) is 0 Å². The van der Waals surface area contributed by atoms with Crippen molar-refractivity contribution >= 4 is 23.9 Å². The fourth-order valence-corrected chi connectivity index (χ4v) is 4.56. The van der Waals surface area contributed by atoms with Crippen LogP contribution in [0.4, 0.5) is 4.79 Å². The lowest BCUT2D eigenvalue weighted by Gasteiger charge is -2.33. The number of nitrogens with zero attached hydrogens (tertiary/aromatic N) is 1. The number of esters is 1. The molecule has 42 heavy (non-hydrogen) atoms. The molecule has 0 aliphatic heterocycles. The zero-order chi connectivity index (χ0) is 31.2. The normalized spacial score (nSPS) is 17.8. The summed E-state index contributed by atoms with van der Waals surface area (Å²) in [6, 6.07) is 12.8. The molecule has 1 fully saturated rings. The van der Waals surface area contributed by atoms with E-state index in [9.17, 15) is 24.3 Å². The summed E-state index contributed by atoms with van der Waals surface area (Å²) < 4.78 is 10.9. The molecule has 0 spiro atoms. The Hall–Kier alpha value is -4.08. The average molecular weight is 582 g/mol. The summed E-state index contributed by atoms with van der Waals surface area (Å²) in [5, 5.41) is 15.6. The highest BCUT2D eigenvalue weighted by molar-refractivity contribution is 5.93. The molecule has 4 atom stereocenters. The van der Waals surface area contributed by atoms with Crippen LogP contribution in [0.25, 0.3) is 0 Å². The Morgan fingerprint density at radius 1 is 0.952 bits per heavy atom. The molecule has 0 radical (unpaired) electrons. The van der Waals surface area contributed by atoms with Crippen LogP contribution in [0.1, 0.15) is 72.1 Å². The highest BCUT2D eigenvalue weighted by atomic mass is 16.6. The number of carbonyl (C=O) groups excluding carboxylic acids is 4. The highest BCUT2D eigenvalue weighted by Gasteiger charge is 2.47. The van der Waals surface area contributed by atoms with Crippen molar-refractivity contribution in [1.29, 1.82) is 0 Å². The van der Waals surface area contributed by atoms with Crippen molar-refractivity contribution < 1.29 is 33.8 Å².